The van der Waals surface area contributed by atoms with E-state index < -0.39 is 0 Å². The molecule has 1 rings (SSSR count). The van der Waals surface area contributed by atoms with Crippen molar-refractivity contribution in [2.24, 2.45) is 0 Å². The number of aromatic nitrogens is 1. The molecule has 48 valence electrons. The van der Waals surface area contributed by atoms with Gasteiger partial charge in [0.2, 0.25) is 0 Å². The minimum Gasteiger partial charge on any atom is -0.506 e. The smallest absolute Gasteiger partial charge is 0.137 e. The molecule has 1 aromatic rings. The van der Waals surface area contributed by atoms with Gasteiger partial charge in [0.05, 0.1) is 6.20 Å². The summed E-state index contributed by atoms with van der Waals surface area (Å²) in [4.78, 5) is 3.79. The van der Waals surface area contributed by atoms with Crippen molar-refractivity contribution in [3.8, 4) is 5.75 Å². The minimum atomic E-state index is 0.273. The van der Waals surface area contributed by atoms with E-state index in [1.165, 1.54) is 6.20 Å². The second kappa shape index (κ2) is 2.05. The molecule has 0 spiro atoms. The Balaban J connectivity index is 3.25. The lowest BCUT2D eigenvalue weighted by atomic mass is 10.2. The van der Waals surface area contributed by atoms with Crippen LogP contribution in [-0.4, -0.2) is 10.1 Å². The first kappa shape index (κ1) is 6.08. The van der Waals surface area contributed by atoms with Gasteiger partial charge in [-0.3, -0.25) is 4.98 Å². The third-order valence-electron chi connectivity index (χ3n) is 1.44. The summed E-state index contributed by atoms with van der Waals surface area (Å²) in [5.41, 5.74) is 1.93. The van der Waals surface area contributed by atoms with E-state index in [9.17, 15) is 0 Å². The molecule has 0 saturated heterocycles. The van der Waals surface area contributed by atoms with Gasteiger partial charge in [-0.2, -0.15) is 0 Å². The van der Waals surface area contributed by atoms with Gasteiger partial charge in [-0.25, -0.2) is 0 Å². The van der Waals surface area contributed by atoms with E-state index in [4.69, 9.17) is 5.11 Å². The molecule has 0 amide bonds. The molecule has 9 heavy (non-hydrogen) atoms. The molecule has 0 aliphatic rings. The zero-order valence-corrected chi connectivity index (χ0v) is 5.55. The van der Waals surface area contributed by atoms with Crippen LogP contribution in [0.4, 0.5) is 0 Å². The Hall–Kier alpha value is -1.05. The van der Waals surface area contributed by atoms with Crippen molar-refractivity contribution in [1.82, 2.24) is 4.98 Å². The molecule has 0 fully saturated rings. The normalized spacial score (nSPS) is 9.56. The number of hydrogen-bond acceptors (Lipinski definition) is 2. The van der Waals surface area contributed by atoms with E-state index >= 15 is 0 Å². The molecule has 1 aromatic heterocycles. The highest BCUT2D eigenvalue weighted by Gasteiger charge is 1.95. The molecule has 0 atom stereocenters. The number of pyridine rings is 1. The summed E-state index contributed by atoms with van der Waals surface area (Å²) in [5.74, 6) is 0.273. The SMILES string of the molecule is Cc1cncc(O)c1C. The lowest BCUT2D eigenvalue weighted by Gasteiger charge is -1.98. The minimum absolute atomic E-state index is 0.273. The molecule has 0 radical (unpaired) electrons. The zero-order chi connectivity index (χ0) is 6.85. The van der Waals surface area contributed by atoms with E-state index in [0.717, 1.165) is 11.1 Å². The monoisotopic (exact) mass is 123 g/mol. The molecular weight excluding hydrogens is 114 g/mol. The van der Waals surface area contributed by atoms with Crippen molar-refractivity contribution in [1.29, 1.82) is 0 Å². The zero-order valence-electron chi connectivity index (χ0n) is 5.55. The Morgan fingerprint density at radius 2 is 2.00 bits per heavy atom. The Morgan fingerprint density at radius 1 is 1.33 bits per heavy atom. The van der Waals surface area contributed by atoms with E-state index in [-0.39, 0.29) is 5.75 Å². The summed E-state index contributed by atoms with van der Waals surface area (Å²) in [5, 5.41) is 9.04. The molecule has 0 aliphatic carbocycles. The highest BCUT2D eigenvalue weighted by atomic mass is 16.3. The van der Waals surface area contributed by atoms with E-state index in [2.05, 4.69) is 4.98 Å². The standard InChI is InChI=1S/C7H9NO/c1-5-3-8-4-7(9)6(5)2/h3-4,9H,1-2H3. The van der Waals surface area contributed by atoms with Gasteiger partial charge >= 0.3 is 0 Å². The van der Waals surface area contributed by atoms with Crippen LogP contribution in [0.5, 0.6) is 5.75 Å². The molecule has 2 nitrogen and oxygen atoms in total. The van der Waals surface area contributed by atoms with Gasteiger partial charge in [-0.15, -0.1) is 0 Å². The highest BCUT2D eigenvalue weighted by molar-refractivity contribution is 5.33. The maximum absolute atomic E-state index is 9.04. The van der Waals surface area contributed by atoms with Crippen molar-refractivity contribution in [3.05, 3.63) is 23.5 Å². The lowest BCUT2D eigenvalue weighted by Crippen LogP contribution is -1.82. The van der Waals surface area contributed by atoms with Gasteiger partial charge in [0.25, 0.3) is 0 Å². The molecular formula is C7H9NO. The quantitative estimate of drug-likeness (QED) is 0.565. The molecule has 0 unspecified atom stereocenters. The molecule has 0 aliphatic heterocycles. The van der Waals surface area contributed by atoms with Crippen LogP contribution >= 0.6 is 0 Å². The van der Waals surface area contributed by atoms with Crippen LogP contribution in [0.1, 0.15) is 11.1 Å². The maximum Gasteiger partial charge on any atom is 0.137 e. The van der Waals surface area contributed by atoms with Crippen LogP contribution in [0.25, 0.3) is 0 Å². The van der Waals surface area contributed by atoms with Gasteiger partial charge in [0.1, 0.15) is 5.75 Å². The van der Waals surface area contributed by atoms with Gasteiger partial charge in [0, 0.05) is 6.20 Å². The largest absolute Gasteiger partial charge is 0.506 e. The summed E-state index contributed by atoms with van der Waals surface area (Å²) < 4.78 is 0. The third-order valence-corrected chi connectivity index (χ3v) is 1.44. The van der Waals surface area contributed by atoms with Crippen LogP contribution in [-0.2, 0) is 0 Å². The molecule has 2 heteroatoms. The summed E-state index contributed by atoms with van der Waals surface area (Å²) in [7, 11) is 0. The topological polar surface area (TPSA) is 33.1 Å². The van der Waals surface area contributed by atoms with E-state index in [1.807, 2.05) is 13.8 Å². The summed E-state index contributed by atoms with van der Waals surface area (Å²) in [6.45, 7) is 3.79. The second-order valence-electron chi connectivity index (χ2n) is 2.10. The fraction of sp³-hybridized carbons (Fsp3) is 0.286. The van der Waals surface area contributed by atoms with Crippen molar-refractivity contribution in [3.63, 3.8) is 0 Å². The fourth-order valence-corrected chi connectivity index (χ4v) is 0.615. The van der Waals surface area contributed by atoms with Gasteiger partial charge in [-0.05, 0) is 25.0 Å². The first-order valence-corrected chi connectivity index (χ1v) is 2.82. The Bertz CT molecular complexity index is 200. The van der Waals surface area contributed by atoms with Crippen molar-refractivity contribution in [2.75, 3.05) is 0 Å². The number of aromatic hydroxyl groups is 1. The van der Waals surface area contributed by atoms with E-state index in [0.29, 0.717) is 0 Å². The highest BCUT2D eigenvalue weighted by Crippen LogP contribution is 2.15. The number of hydrogen-bond donors (Lipinski definition) is 1. The predicted molar refractivity (Wildman–Crippen MR) is 35.4 cm³/mol. The Morgan fingerprint density at radius 3 is 2.44 bits per heavy atom. The summed E-state index contributed by atoms with van der Waals surface area (Å²) >= 11 is 0. The second-order valence-corrected chi connectivity index (χ2v) is 2.10. The maximum atomic E-state index is 9.04. The van der Waals surface area contributed by atoms with Crippen LogP contribution in [0.2, 0.25) is 0 Å². The average Bonchev–Trinajstić information content (AvgIpc) is 1.83. The first-order chi connectivity index (χ1) is 4.22. The predicted octanol–water partition coefficient (Wildman–Crippen LogP) is 1.40. The lowest BCUT2D eigenvalue weighted by molar-refractivity contribution is 0.467. The van der Waals surface area contributed by atoms with Crippen molar-refractivity contribution >= 4 is 0 Å². The molecule has 1 heterocycles. The molecule has 0 saturated carbocycles. The van der Waals surface area contributed by atoms with Crippen LogP contribution < -0.4 is 0 Å². The molecule has 1 N–H and O–H groups in total. The Labute approximate surface area is 54.2 Å². The first-order valence-electron chi connectivity index (χ1n) is 2.82. The number of rotatable bonds is 0. The van der Waals surface area contributed by atoms with Crippen LogP contribution in [0.15, 0.2) is 12.4 Å². The Kier molecular flexibility index (Phi) is 1.39. The number of nitrogens with zero attached hydrogens (tertiary/aromatic N) is 1. The average molecular weight is 123 g/mol. The summed E-state index contributed by atoms with van der Waals surface area (Å²) in [6.07, 6.45) is 3.18. The van der Waals surface area contributed by atoms with Gasteiger partial charge in [-0.1, -0.05) is 0 Å². The van der Waals surface area contributed by atoms with E-state index in [1.54, 1.807) is 6.20 Å². The van der Waals surface area contributed by atoms with Gasteiger partial charge in [0.15, 0.2) is 0 Å². The third kappa shape index (κ3) is 1.02. The van der Waals surface area contributed by atoms with Gasteiger partial charge < -0.3 is 5.11 Å². The number of aryl methyl sites for hydroxylation is 1. The van der Waals surface area contributed by atoms with Crippen molar-refractivity contribution < 1.29 is 5.11 Å². The van der Waals surface area contributed by atoms with Crippen LogP contribution in [0.3, 0.4) is 0 Å². The fourth-order valence-electron chi connectivity index (χ4n) is 0.615. The molecule has 0 bridgehead atoms. The summed E-state index contributed by atoms with van der Waals surface area (Å²) in [6, 6.07) is 0. The molecule has 0 aromatic carbocycles. The van der Waals surface area contributed by atoms with Crippen LogP contribution in [0, 0.1) is 13.8 Å². The van der Waals surface area contributed by atoms with Crippen molar-refractivity contribution in [2.45, 2.75) is 13.8 Å².